The van der Waals surface area contributed by atoms with Gasteiger partial charge in [0, 0.05) is 24.5 Å². The third-order valence-corrected chi connectivity index (χ3v) is 3.52. The molecule has 2 rings (SSSR count). The Kier molecular flexibility index (Phi) is 5.41. The molecule has 0 bridgehead atoms. The van der Waals surface area contributed by atoms with Crippen molar-refractivity contribution in [3.63, 3.8) is 0 Å². The Labute approximate surface area is 128 Å². The highest BCUT2D eigenvalue weighted by atomic mass is 35.5. The maximum atomic E-state index is 11.9. The van der Waals surface area contributed by atoms with Crippen LogP contribution in [0, 0.1) is 0 Å². The van der Waals surface area contributed by atoms with Gasteiger partial charge in [-0.2, -0.15) is 0 Å². The Morgan fingerprint density at radius 2 is 2.29 bits per heavy atom. The molecular formula is C14H19ClN4O2. The van der Waals surface area contributed by atoms with Crippen LogP contribution in [-0.2, 0) is 9.59 Å². The van der Waals surface area contributed by atoms with E-state index in [4.69, 9.17) is 17.3 Å². The fourth-order valence-electron chi connectivity index (χ4n) is 2.20. The third-order valence-electron chi connectivity index (χ3n) is 3.29. The van der Waals surface area contributed by atoms with Gasteiger partial charge in [-0.15, -0.1) is 0 Å². The molecule has 1 aliphatic rings. The summed E-state index contributed by atoms with van der Waals surface area (Å²) in [6, 6.07) is 4.96. The molecule has 1 aromatic rings. The van der Waals surface area contributed by atoms with Crippen LogP contribution in [-0.4, -0.2) is 42.9 Å². The molecule has 7 heteroatoms. The van der Waals surface area contributed by atoms with E-state index in [0.717, 1.165) is 13.1 Å². The van der Waals surface area contributed by atoms with Gasteiger partial charge in [-0.1, -0.05) is 11.6 Å². The van der Waals surface area contributed by atoms with E-state index in [1.54, 1.807) is 18.2 Å². The Bertz CT molecular complexity index is 536. The van der Waals surface area contributed by atoms with Crippen molar-refractivity contribution in [2.45, 2.75) is 12.8 Å². The highest BCUT2D eigenvalue weighted by molar-refractivity contribution is 6.31. The lowest BCUT2D eigenvalue weighted by Gasteiger charge is -2.26. The van der Waals surface area contributed by atoms with E-state index in [-0.39, 0.29) is 11.8 Å². The monoisotopic (exact) mass is 310 g/mol. The SMILES string of the molecule is Nc1ccc(Cl)cc1NC(=O)CCCN1CCNC(=O)C1. The molecule has 1 fully saturated rings. The molecule has 4 N–H and O–H groups in total. The summed E-state index contributed by atoms with van der Waals surface area (Å²) in [4.78, 5) is 25.1. The van der Waals surface area contributed by atoms with Gasteiger partial charge in [0.15, 0.2) is 0 Å². The molecule has 0 saturated carbocycles. The van der Waals surface area contributed by atoms with Crippen LogP contribution in [0.1, 0.15) is 12.8 Å². The number of carbonyl (C=O) groups is 2. The molecule has 114 valence electrons. The summed E-state index contributed by atoms with van der Waals surface area (Å²) in [7, 11) is 0. The van der Waals surface area contributed by atoms with E-state index < -0.39 is 0 Å². The van der Waals surface area contributed by atoms with E-state index in [0.29, 0.717) is 42.3 Å². The van der Waals surface area contributed by atoms with E-state index in [2.05, 4.69) is 10.6 Å². The number of nitrogens with one attached hydrogen (secondary N) is 2. The number of hydrogen-bond acceptors (Lipinski definition) is 4. The van der Waals surface area contributed by atoms with Crippen LogP contribution in [0.3, 0.4) is 0 Å². The maximum Gasteiger partial charge on any atom is 0.234 e. The minimum atomic E-state index is -0.106. The van der Waals surface area contributed by atoms with Gasteiger partial charge in [-0.05, 0) is 31.2 Å². The number of rotatable bonds is 5. The lowest BCUT2D eigenvalue weighted by Crippen LogP contribution is -2.47. The molecule has 1 aromatic carbocycles. The third kappa shape index (κ3) is 4.91. The average Bonchev–Trinajstić information content (AvgIpc) is 2.43. The largest absolute Gasteiger partial charge is 0.397 e. The van der Waals surface area contributed by atoms with Crippen molar-refractivity contribution in [3.05, 3.63) is 23.2 Å². The quantitative estimate of drug-likeness (QED) is 0.710. The molecule has 0 unspecified atom stereocenters. The average molecular weight is 311 g/mol. The van der Waals surface area contributed by atoms with E-state index in [9.17, 15) is 9.59 Å². The van der Waals surface area contributed by atoms with Crippen molar-refractivity contribution in [1.29, 1.82) is 0 Å². The fraction of sp³-hybridized carbons (Fsp3) is 0.429. The number of piperazine rings is 1. The number of nitrogen functional groups attached to an aromatic ring is 1. The molecular weight excluding hydrogens is 292 g/mol. The Hall–Kier alpha value is -1.79. The molecule has 0 atom stereocenters. The topological polar surface area (TPSA) is 87.5 Å². The van der Waals surface area contributed by atoms with Crippen LogP contribution in [0.15, 0.2) is 18.2 Å². The van der Waals surface area contributed by atoms with Crippen molar-refractivity contribution in [2.24, 2.45) is 0 Å². The standard InChI is InChI=1S/C14H19ClN4O2/c15-10-3-4-11(16)12(8-10)18-13(20)2-1-6-19-7-5-17-14(21)9-19/h3-4,8H,1-2,5-7,9,16H2,(H,17,21)(H,18,20). The first-order valence-electron chi connectivity index (χ1n) is 6.88. The first kappa shape index (κ1) is 15.6. The predicted octanol–water partition coefficient (Wildman–Crippen LogP) is 1.07. The van der Waals surface area contributed by atoms with Crippen molar-refractivity contribution in [2.75, 3.05) is 37.2 Å². The summed E-state index contributed by atoms with van der Waals surface area (Å²) in [6.45, 7) is 2.63. The second kappa shape index (κ2) is 7.28. The molecule has 21 heavy (non-hydrogen) atoms. The first-order chi connectivity index (χ1) is 10.0. The van der Waals surface area contributed by atoms with Crippen LogP contribution in [0.25, 0.3) is 0 Å². The number of halogens is 1. The second-order valence-electron chi connectivity index (χ2n) is 5.01. The lowest BCUT2D eigenvalue weighted by molar-refractivity contribution is -0.124. The molecule has 0 aromatic heterocycles. The van der Waals surface area contributed by atoms with Crippen molar-refractivity contribution in [1.82, 2.24) is 10.2 Å². The van der Waals surface area contributed by atoms with Gasteiger partial charge in [0.05, 0.1) is 17.9 Å². The first-order valence-corrected chi connectivity index (χ1v) is 7.26. The molecule has 0 radical (unpaired) electrons. The molecule has 1 heterocycles. The van der Waals surface area contributed by atoms with Gasteiger partial charge < -0.3 is 16.4 Å². The zero-order chi connectivity index (χ0) is 15.2. The lowest BCUT2D eigenvalue weighted by atomic mass is 10.2. The summed E-state index contributed by atoms with van der Waals surface area (Å²) in [5.74, 6) is -0.0668. The van der Waals surface area contributed by atoms with Crippen LogP contribution < -0.4 is 16.4 Å². The van der Waals surface area contributed by atoms with Gasteiger partial charge in [-0.25, -0.2) is 0 Å². The number of anilines is 2. The summed E-state index contributed by atoms with van der Waals surface area (Å²) >= 11 is 5.87. The smallest absolute Gasteiger partial charge is 0.234 e. The van der Waals surface area contributed by atoms with Crippen molar-refractivity contribution < 1.29 is 9.59 Å². The predicted molar refractivity (Wildman–Crippen MR) is 83.2 cm³/mol. The molecule has 1 aliphatic heterocycles. The molecule has 0 aliphatic carbocycles. The Morgan fingerprint density at radius 1 is 1.48 bits per heavy atom. The summed E-state index contributed by atoms with van der Waals surface area (Å²) in [6.07, 6.45) is 1.07. The van der Waals surface area contributed by atoms with Gasteiger partial charge in [0.1, 0.15) is 0 Å². The number of carbonyl (C=O) groups excluding carboxylic acids is 2. The Balaban J connectivity index is 1.74. The van der Waals surface area contributed by atoms with Gasteiger partial charge in [0.25, 0.3) is 0 Å². The molecule has 6 nitrogen and oxygen atoms in total. The van der Waals surface area contributed by atoms with E-state index in [1.807, 2.05) is 4.90 Å². The summed E-state index contributed by atoms with van der Waals surface area (Å²) in [5, 5.41) is 6.05. The normalized spacial score (nSPS) is 15.6. The highest BCUT2D eigenvalue weighted by Gasteiger charge is 2.15. The zero-order valence-corrected chi connectivity index (χ0v) is 12.4. The fourth-order valence-corrected chi connectivity index (χ4v) is 2.37. The van der Waals surface area contributed by atoms with E-state index >= 15 is 0 Å². The number of nitrogens with zero attached hydrogens (tertiary/aromatic N) is 1. The number of hydrogen-bond donors (Lipinski definition) is 3. The number of amides is 2. The van der Waals surface area contributed by atoms with Gasteiger partial charge in [0.2, 0.25) is 11.8 Å². The van der Waals surface area contributed by atoms with Gasteiger partial charge >= 0.3 is 0 Å². The highest BCUT2D eigenvalue weighted by Crippen LogP contribution is 2.23. The van der Waals surface area contributed by atoms with Crippen LogP contribution >= 0.6 is 11.6 Å². The zero-order valence-electron chi connectivity index (χ0n) is 11.7. The van der Waals surface area contributed by atoms with Crippen molar-refractivity contribution in [3.8, 4) is 0 Å². The summed E-state index contributed by atoms with van der Waals surface area (Å²) < 4.78 is 0. The maximum absolute atomic E-state index is 11.9. The minimum absolute atomic E-state index is 0.0393. The number of nitrogens with two attached hydrogens (primary N) is 1. The summed E-state index contributed by atoms with van der Waals surface area (Å²) in [5.41, 5.74) is 6.79. The number of benzene rings is 1. The molecule has 2 amide bonds. The van der Waals surface area contributed by atoms with E-state index in [1.165, 1.54) is 0 Å². The van der Waals surface area contributed by atoms with Crippen LogP contribution in [0.5, 0.6) is 0 Å². The van der Waals surface area contributed by atoms with Crippen molar-refractivity contribution >= 4 is 34.8 Å². The Morgan fingerprint density at radius 3 is 3.05 bits per heavy atom. The minimum Gasteiger partial charge on any atom is -0.397 e. The van der Waals surface area contributed by atoms with Crippen LogP contribution in [0.4, 0.5) is 11.4 Å². The molecule has 1 saturated heterocycles. The second-order valence-corrected chi connectivity index (χ2v) is 5.45. The molecule has 0 spiro atoms. The van der Waals surface area contributed by atoms with Crippen LogP contribution in [0.2, 0.25) is 5.02 Å². The van der Waals surface area contributed by atoms with Gasteiger partial charge in [-0.3, -0.25) is 14.5 Å².